The fourth-order valence-corrected chi connectivity index (χ4v) is 2.78. The molecule has 0 spiro atoms. The number of urea groups is 1. The van der Waals surface area contributed by atoms with Crippen LogP contribution < -0.4 is 21.7 Å². The van der Waals surface area contributed by atoms with Crippen LogP contribution in [0.15, 0.2) is 18.2 Å². The molecule has 0 radical (unpaired) electrons. The summed E-state index contributed by atoms with van der Waals surface area (Å²) in [5.74, 6) is -0.131. The van der Waals surface area contributed by atoms with E-state index in [9.17, 15) is 9.59 Å². The molecule has 23 heavy (non-hydrogen) atoms. The number of carbonyl (C=O) groups excluding carboxylic acids is 2. The van der Waals surface area contributed by atoms with Crippen molar-refractivity contribution in [2.45, 2.75) is 51.5 Å². The Hall–Kier alpha value is -2.08. The predicted molar refractivity (Wildman–Crippen MR) is 92.5 cm³/mol. The van der Waals surface area contributed by atoms with Crippen molar-refractivity contribution in [3.63, 3.8) is 0 Å². The fraction of sp³-hybridized carbons (Fsp3) is 0.529. The summed E-state index contributed by atoms with van der Waals surface area (Å²) in [6.45, 7) is 2.23. The van der Waals surface area contributed by atoms with Crippen LogP contribution >= 0.6 is 0 Å². The maximum absolute atomic E-state index is 12.1. The Morgan fingerprint density at radius 2 is 1.91 bits per heavy atom. The molecule has 126 valence electrons. The molecule has 3 amide bonds. The lowest BCUT2D eigenvalue weighted by Crippen LogP contribution is -2.39. The Morgan fingerprint density at radius 1 is 1.17 bits per heavy atom. The molecule has 6 nitrogen and oxygen atoms in total. The summed E-state index contributed by atoms with van der Waals surface area (Å²) in [4.78, 5) is 23.7. The van der Waals surface area contributed by atoms with Gasteiger partial charge in [0.25, 0.3) is 0 Å². The van der Waals surface area contributed by atoms with Crippen molar-refractivity contribution < 1.29 is 9.59 Å². The van der Waals surface area contributed by atoms with Crippen LogP contribution in [0.5, 0.6) is 0 Å². The van der Waals surface area contributed by atoms with Crippen LogP contribution in [0, 0.1) is 6.92 Å². The predicted octanol–water partition coefficient (Wildman–Crippen LogP) is 2.74. The number of nitrogens with two attached hydrogens (primary N) is 1. The number of anilines is 2. The van der Waals surface area contributed by atoms with Gasteiger partial charge in [-0.3, -0.25) is 4.79 Å². The van der Waals surface area contributed by atoms with E-state index in [-0.39, 0.29) is 24.4 Å². The van der Waals surface area contributed by atoms with Crippen LogP contribution in [-0.4, -0.2) is 24.5 Å². The Kier molecular flexibility index (Phi) is 6.40. The summed E-state index contributed by atoms with van der Waals surface area (Å²) in [5, 5.41) is 8.67. The van der Waals surface area contributed by atoms with E-state index in [2.05, 4.69) is 16.0 Å². The van der Waals surface area contributed by atoms with Crippen molar-refractivity contribution in [1.29, 1.82) is 0 Å². The largest absolute Gasteiger partial charge is 0.335 e. The van der Waals surface area contributed by atoms with E-state index >= 15 is 0 Å². The third kappa shape index (κ3) is 5.56. The second kappa shape index (κ2) is 8.53. The highest BCUT2D eigenvalue weighted by atomic mass is 16.2. The first-order valence-corrected chi connectivity index (χ1v) is 8.26. The summed E-state index contributed by atoms with van der Waals surface area (Å²) < 4.78 is 0. The lowest BCUT2D eigenvalue weighted by atomic mass is 9.96. The van der Waals surface area contributed by atoms with Crippen LogP contribution in [0.2, 0.25) is 0 Å². The smallest absolute Gasteiger partial charge is 0.319 e. The minimum Gasteiger partial charge on any atom is -0.335 e. The summed E-state index contributed by atoms with van der Waals surface area (Å²) in [7, 11) is 0. The normalized spacial score (nSPS) is 15.0. The molecule has 1 aromatic carbocycles. The van der Waals surface area contributed by atoms with E-state index in [1.807, 2.05) is 19.1 Å². The second-order valence-electron chi connectivity index (χ2n) is 6.05. The molecule has 0 heterocycles. The van der Waals surface area contributed by atoms with Crippen molar-refractivity contribution >= 4 is 23.3 Å². The zero-order chi connectivity index (χ0) is 16.7. The molecule has 6 heteroatoms. The van der Waals surface area contributed by atoms with Gasteiger partial charge in [-0.05, 0) is 37.5 Å². The number of carbonyl (C=O) groups is 2. The molecule has 1 aliphatic rings. The van der Waals surface area contributed by atoms with Crippen LogP contribution in [0.1, 0.15) is 44.1 Å². The van der Waals surface area contributed by atoms with Gasteiger partial charge in [0.1, 0.15) is 0 Å². The summed E-state index contributed by atoms with van der Waals surface area (Å²) in [6, 6.07) is 5.52. The van der Waals surface area contributed by atoms with Gasteiger partial charge in [-0.25, -0.2) is 4.79 Å². The lowest BCUT2D eigenvalue weighted by Gasteiger charge is -2.23. The number of benzene rings is 1. The molecule has 1 saturated carbocycles. The van der Waals surface area contributed by atoms with Crippen LogP contribution in [-0.2, 0) is 4.79 Å². The first kappa shape index (κ1) is 17.3. The maximum Gasteiger partial charge on any atom is 0.319 e. The second-order valence-corrected chi connectivity index (χ2v) is 6.05. The highest BCUT2D eigenvalue weighted by molar-refractivity contribution is 5.94. The van der Waals surface area contributed by atoms with Crippen molar-refractivity contribution in [1.82, 2.24) is 5.32 Å². The van der Waals surface area contributed by atoms with Crippen molar-refractivity contribution in [3.8, 4) is 0 Å². The van der Waals surface area contributed by atoms with Gasteiger partial charge in [0.2, 0.25) is 5.91 Å². The molecular formula is C17H26N4O2. The number of hydrogen-bond acceptors (Lipinski definition) is 3. The minimum absolute atomic E-state index is 0.131. The number of nitrogens with one attached hydrogen (secondary N) is 3. The average molecular weight is 318 g/mol. The molecular weight excluding hydrogens is 292 g/mol. The molecule has 0 saturated heterocycles. The lowest BCUT2D eigenvalue weighted by molar-refractivity contribution is -0.116. The zero-order valence-corrected chi connectivity index (χ0v) is 13.7. The van der Waals surface area contributed by atoms with Gasteiger partial charge in [0.15, 0.2) is 0 Å². The summed E-state index contributed by atoms with van der Waals surface area (Å²) >= 11 is 0. The van der Waals surface area contributed by atoms with Crippen molar-refractivity contribution in [2.24, 2.45) is 5.73 Å². The molecule has 1 aliphatic carbocycles. The average Bonchev–Trinajstić information content (AvgIpc) is 2.52. The number of hydrogen-bond donors (Lipinski definition) is 4. The molecule has 1 fully saturated rings. The third-order valence-electron chi connectivity index (χ3n) is 4.08. The Bertz CT molecular complexity index is 554. The molecule has 0 aliphatic heterocycles. The highest BCUT2D eigenvalue weighted by Crippen LogP contribution is 2.21. The van der Waals surface area contributed by atoms with Gasteiger partial charge >= 0.3 is 6.03 Å². The van der Waals surface area contributed by atoms with Gasteiger partial charge < -0.3 is 21.7 Å². The van der Waals surface area contributed by atoms with Gasteiger partial charge in [-0.1, -0.05) is 25.3 Å². The number of rotatable bonds is 5. The number of aryl methyl sites for hydroxylation is 1. The van der Waals surface area contributed by atoms with Crippen LogP contribution in [0.4, 0.5) is 16.2 Å². The van der Waals surface area contributed by atoms with Gasteiger partial charge in [-0.15, -0.1) is 0 Å². The van der Waals surface area contributed by atoms with E-state index in [1.54, 1.807) is 6.07 Å². The van der Waals surface area contributed by atoms with Gasteiger partial charge in [-0.2, -0.15) is 0 Å². The fourth-order valence-electron chi connectivity index (χ4n) is 2.78. The SMILES string of the molecule is Cc1ccc(NC(=O)CCN)cc1NC(=O)NC1CCCCC1. The van der Waals surface area contributed by atoms with Crippen molar-refractivity contribution in [3.05, 3.63) is 23.8 Å². The monoisotopic (exact) mass is 318 g/mol. The van der Waals surface area contributed by atoms with Crippen LogP contribution in [0.25, 0.3) is 0 Å². The minimum atomic E-state index is -0.189. The molecule has 5 N–H and O–H groups in total. The quantitative estimate of drug-likeness (QED) is 0.672. The maximum atomic E-state index is 12.1. The van der Waals surface area contributed by atoms with Gasteiger partial charge in [0.05, 0.1) is 0 Å². The van der Waals surface area contributed by atoms with Crippen molar-refractivity contribution in [2.75, 3.05) is 17.2 Å². The first-order chi connectivity index (χ1) is 11.1. The Morgan fingerprint density at radius 3 is 2.61 bits per heavy atom. The summed E-state index contributed by atoms with van der Waals surface area (Å²) in [6.07, 6.45) is 5.96. The number of amides is 3. The first-order valence-electron chi connectivity index (χ1n) is 8.26. The van der Waals surface area contributed by atoms with E-state index in [1.165, 1.54) is 19.3 Å². The van der Waals surface area contributed by atoms with E-state index in [0.717, 1.165) is 18.4 Å². The summed E-state index contributed by atoms with van der Waals surface area (Å²) in [5.41, 5.74) is 7.66. The standard InChI is InChI=1S/C17H26N4O2/c1-12-7-8-14(19-16(22)9-10-18)11-15(12)21-17(23)20-13-5-3-2-4-6-13/h7-8,11,13H,2-6,9-10,18H2,1H3,(H,19,22)(H2,20,21,23). The molecule has 0 atom stereocenters. The van der Waals surface area contributed by atoms with E-state index in [4.69, 9.17) is 5.73 Å². The molecule has 0 unspecified atom stereocenters. The molecule has 0 aromatic heterocycles. The zero-order valence-electron chi connectivity index (χ0n) is 13.7. The molecule has 0 bridgehead atoms. The third-order valence-corrected chi connectivity index (χ3v) is 4.08. The Labute approximate surface area is 137 Å². The van der Waals surface area contributed by atoms with Gasteiger partial charge in [0, 0.05) is 30.4 Å². The highest BCUT2D eigenvalue weighted by Gasteiger charge is 2.16. The van der Waals surface area contributed by atoms with Crippen LogP contribution in [0.3, 0.4) is 0 Å². The molecule has 1 aromatic rings. The molecule has 2 rings (SSSR count). The van der Waals surface area contributed by atoms with E-state index in [0.29, 0.717) is 17.9 Å². The topological polar surface area (TPSA) is 96.2 Å². The van der Waals surface area contributed by atoms with E-state index < -0.39 is 0 Å². The Balaban J connectivity index is 1.95.